The number of aliphatic hydroxyl groups excluding tert-OH is 1. The van der Waals surface area contributed by atoms with E-state index in [4.69, 9.17) is 9.47 Å². The highest BCUT2D eigenvalue weighted by Gasteiger charge is 2.26. The summed E-state index contributed by atoms with van der Waals surface area (Å²) in [4.78, 5) is 23.0. The molecule has 0 heterocycles. The molecule has 5 nitrogen and oxygen atoms in total. The van der Waals surface area contributed by atoms with Crippen molar-refractivity contribution < 1.29 is 24.2 Å². The summed E-state index contributed by atoms with van der Waals surface area (Å²) in [6.07, 6.45) is 1.40. The molecule has 22 heavy (non-hydrogen) atoms. The van der Waals surface area contributed by atoms with Crippen molar-refractivity contribution in [2.45, 2.75) is 57.4 Å². The number of rotatable bonds is 10. The molecule has 0 amide bonds. The molecule has 0 aliphatic rings. The van der Waals surface area contributed by atoms with Gasteiger partial charge in [-0.2, -0.15) is 0 Å². The molecule has 6 heteroatoms. The van der Waals surface area contributed by atoms with Crippen LogP contribution in [0, 0.1) is 5.92 Å². The third kappa shape index (κ3) is 9.95. The highest BCUT2D eigenvalue weighted by Crippen LogP contribution is 2.20. The highest BCUT2D eigenvalue weighted by atomic mass is 79.9. The number of esters is 2. The Kier molecular flexibility index (Phi) is 9.60. The molecule has 0 aromatic heterocycles. The van der Waals surface area contributed by atoms with Gasteiger partial charge in [-0.05, 0) is 52.9 Å². The van der Waals surface area contributed by atoms with Crippen LogP contribution in [0.15, 0.2) is 12.2 Å². The maximum absolute atomic E-state index is 11.7. The van der Waals surface area contributed by atoms with Crippen molar-refractivity contribution in [2.24, 2.45) is 5.92 Å². The number of carbonyl (C=O) groups is 2. The summed E-state index contributed by atoms with van der Waals surface area (Å²) in [5.74, 6) is -0.710. The van der Waals surface area contributed by atoms with Gasteiger partial charge in [-0.1, -0.05) is 22.5 Å². The predicted molar refractivity (Wildman–Crippen MR) is 88.8 cm³/mol. The van der Waals surface area contributed by atoms with Gasteiger partial charge in [0, 0.05) is 5.57 Å². The minimum absolute atomic E-state index is 0.0299. The van der Waals surface area contributed by atoms with Gasteiger partial charge in [0.2, 0.25) is 0 Å². The Labute approximate surface area is 141 Å². The lowest BCUT2D eigenvalue weighted by Crippen LogP contribution is -2.29. The van der Waals surface area contributed by atoms with Crippen molar-refractivity contribution in [3.63, 3.8) is 0 Å². The minimum atomic E-state index is -0.723. The van der Waals surface area contributed by atoms with Gasteiger partial charge in [0.15, 0.2) is 0 Å². The maximum Gasteiger partial charge on any atom is 0.333 e. The van der Waals surface area contributed by atoms with E-state index in [9.17, 15) is 14.7 Å². The first kappa shape index (κ1) is 21.1. The van der Waals surface area contributed by atoms with Crippen LogP contribution in [0.25, 0.3) is 0 Å². The molecule has 0 bridgehead atoms. The number of hydrogen-bond acceptors (Lipinski definition) is 5. The zero-order valence-corrected chi connectivity index (χ0v) is 15.4. The van der Waals surface area contributed by atoms with Crippen molar-refractivity contribution in [1.29, 1.82) is 0 Å². The van der Waals surface area contributed by atoms with Gasteiger partial charge < -0.3 is 14.6 Å². The second kappa shape index (κ2) is 10.0. The number of carbonyl (C=O) groups excluding carboxylic acids is 2. The average molecular weight is 379 g/mol. The molecule has 2 unspecified atom stereocenters. The standard InChI is InChI=1S/C16H27BrO5/c1-11(2)14(19)21-8-6-7-13(9-12(3)18)10-22-15(20)16(4,5)17/h12-13,18H,1,6-10H2,2-5H3. The fourth-order valence-corrected chi connectivity index (χ4v) is 1.89. The van der Waals surface area contributed by atoms with Crippen molar-refractivity contribution in [2.75, 3.05) is 13.2 Å². The number of hydrogen-bond donors (Lipinski definition) is 1. The second-order valence-electron chi connectivity index (χ2n) is 6.08. The zero-order chi connectivity index (χ0) is 17.3. The molecule has 0 rings (SSSR count). The van der Waals surface area contributed by atoms with Gasteiger partial charge >= 0.3 is 11.9 Å². The smallest absolute Gasteiger partial charge is 0.333 e. The van der Waals surface area contributed by atoms with E-state index in [1.54, 1.807) is 27.7 Å². The fraction of sp³-hybridized carbons (Fsp3) is 0.750. The van der Waals surface area contributed by atoms with Crippen molar-refractivity contribution >= 4 is 27.9 Å². The first-order valence-corrected chi connectivity index (χ1v) is 8.20. The third-order valence-electron chi connectivity index (χ3n) is 2.95. The van der Waals surface area contributed by atoms with Crippen molar-refractivity contribution in [3.05, 3.63) is 12.2 Å². The van der Waals surface area contributed by atoms with E-state index in [-0.39, 0.29) is 18.5 Å². The molecule has 0 saturated carbocycles. The number of halogens is 1. The van der Waals surface area contributed by atoms with Gasteiger partial charge in [0.05, 0.1) is 19.3 Å². The fourth-order valence-electron chi connectivity index (χ4n) is 1.78. The van der Waals surface area contributed by atoms with Gasteiger partial charge in [-0.15, -0.1) is 0 Å². The van der Waals surface area contributed by atoms with Crippen molar-refractivity contribution in [3.8, 4) is 0 Å². The van der Waals surface area contributed by atoms with Crippen LogP contribution in [0.3, 0.4) is 0 Å². The van der Waals surface area contributed by atoms with Crippen LogP contribution in [-0.4, -0.2) is 40.7 Å². The summed E-state index contributed by atoms with van der Waals surface area (Å²) in [7, 11) is 0. The van der Waals surface area contributed by atoms with Gasteiger partial charge in [-0.25, -0.2) is 4.79 Å². The van der Waals surface area contributed by atoms with Crippen LogP contribution < -0.4 is 0 Å². The summed E-state index contributed by atoms with van der Waals surface area (Å²) in [6, 6.07) is 0. The lowest BCUT2D eigenvalue weighted by atomic mass is 9.98. The molecule has 0 aliphatic carbocycles. The first-order valence-electron chi connectivity index (χ1n) is 7.40. The Morgan fingerprint density at radius 3 is 2.36 bits per heavy atom. The normalized spacial score (nSPS) is 14.1. The van der Waals surface area contributed by atoms with Crippen molar-refractivity contribution in [1.82, 2.24) is 0 Å². The average Bonchev–Trinajstić information content (AvgIpc) is 2.37. The van der Waals surface area contributed by atoms with Gasteiger partial charge in [0.1, 0.15) is 4.32 Å². The largest absolute Gasteiger partial charge is 0.464 e. The number of aliphatic hydroxyl groups is 1. The zero-order valence-electron chi connectivity index (χ0n) is 13.9. The molecule has 0 aliphatic heterocycles. The monoisotopic (exact) mass is 378 g/mol. The molecule has 128 valence electrons. The molecule has 0 fully saturated rings. The van der Waals surface area contributed by atoms with E-state index in [0.29, 0.717) is 31.4 Å². The van der Waals surface area contributed by atoms with E-state index >= 15 is 0 Å². The number of alkyl halides is 1. The molecule has 0 spiro atoms. The SMILES string of the molecule is C=C(C)C(=O)OCCCC(COC(=O)C(C)(C)Br)CC(C)O. The minimum Gasteiger partial charge on any atom is -0.464 e. The maximum atomic E-state index is 11.7. The predicted octanol–water partition coefficient (Wildman–Crippen LogP) is 2.99. The van der Waals surface area contributed by atoms with E-state index in [1.165, 1.54) is 0 Å². The van der Waals surface area contributed by atoms with E-state index < -0.39 is 16.4 Å². The Hall–Kier alpha value is -0.880. The summed E-state index contributed by atoms with van der Waals surface area (Å²) < 4.78 is 9.57. The summed E-state index contributed by atoms with van der Waals surface area (Å²) in [5.41, 5.74) is 0.369. The van der Waals surface area contributed by atoms with Gasteiger partial charge in [0.25, 0.3) is 0 Å². The third-order valence-corrected chi connectivity index (χ3v) is 3.27. The van der Waals surface area contributed by atoms with Crippen LogP contribution >= 0.6 is 15.9 Å². The molecule has 2 atom stereocenters. The molecular weight excluding hydrogens is 352 g/mol. The summed E-state index contributed by atoms with van der Waals surface area (Å²) in [6.45, 7) is 10.8. The molecule has 0 saturated heterocycles. The highest BCUT2D eigenvalue weighted by molar-refractivity contribution is 9.10. The molecule has 1 N–H and O–H groups in total. The summed E-state index contributed by atoms with van der Waals surface area (Å²) in [5, 5.41) is 9.52. The van der Waals surface area contributed by atoms with Crippen LogP contribution in [-0.2, 0) is 19.1 Å². The molecule has 0 radical (unpaired) electrons. The quantitative estimate of drug-likeness (QED) is 0.273. The van der Waals surface area contributed by atoms with E-state index in [1.807, 2.05) is 0 Å². The molecule has 0 aromatic carbocycles. The Balaban J connectivity index is 4.21. The summed E-state index contributed by atoms with van der Waals surface area (Å²) >= 11 is 3.25. The Bertz CT molecular complexity index is 384. The number of ether oxygens (including phenoxy) is 2. The van der Waals surface area contributed by atoms with Gasteiger partial charge in [-0.3, -0.25) is 4.79 Å². The topological polar surface area (TPSA) is 72.8 Å². The lowest BCUT2D eigenvalue weighted by Gasteiger charge is -2.21. The van der Waals surface area contributed by atoms with E-state index in [0.717, 1.165) is 0 Å². The Morgan fingerprint density at radius 2 is 1.91 bits per heavy atom. The molecular formula is C16H27BrO5. The van der Waals surface area contributed by atoms with E-state index in [2.05, 4.69) is 22.5 Å². The molecule has 0 aromatic rings. The lowest BCUT2D eigenvalue weighted by molar-refractivity contribution is -0.147. The first-order chi connectivity index (χ1) is 10.0. The van der Waals surface area contributed by atoms with Crippen LogP contribution in [0.2, 0.25) is 0 Å². The van der Waals surface area contributed by atoms with Crippen LogP contribution in [0.4, 0.5) is 0 Å². The van der Waals surface area contributed by atoms with Crippen LogP contribution in [0.5, 0.6) is 0 Å². The Morgan fingerprint density at radius 1 is 1.32 bits per heavy atom. The van der Waals surface area contributed by atoms with Crippen LogP contribution in [0.1, 0.15) is 47.0 Å². The second-order valence-corrected chi connectivity index (χ2v) is 8.06.